The van der Waals surface area contributed by atoms with Crippen molar-refractivity contribution in [3.8, 4) is 0 Å². The minimum Gasteiger partial charge on any atom is -1.00 e. The Morgan fingerprint density at radius 3 is 2.24 bits per heavy atom. The lowest BCUT2D eigenvalue weighted by Crippen LogP contribution is -3.00. The highest BCUT2D eigenvalue weighted by Crippen LogP contribution is 2.14. The standard InChI is InChI=1S/C14H16N2.BrH/c1-11-7-6-10-14(15)16(11)12(2)13-8-4-3-5-9-13;/h3-10,12,15H,1-2H3;1H. The maximum absolute atomic E-state index is 6.02. The molecule has 0 saturated carbocycles. The Morgan fingerprint density at radius 2 is 1.65 bits per heavy atom. The van der Waals surface area contributed by atoms with Gasteiger partial charge < -0.3 is 17.0 Å². The quantitative estimate of drug-likeness (QED) is 0.742. The van der Waals surface area contributed by atoms with Gasteiger partial charge in [0, 0.05) is 6.07 Å². The number of hydrogen-bond acceptors (Lipinski definition) is 1. The Bertz CT molecular complexity index is 463. The second-order valence-electron chi connectivity index (χ2n) is 4.05. The van der Waals surface area contributed by atoms with Crippen molar-refractivity contribution in [2.75, 3.05) is 5.73 Å². The van der Waals surface area contributed by atoms with Gasteiger partial charge in [0.15, 0.2) is 0 Å². The summed E-state index contributed by atoms with van der Waals surface area (Å²) in [6.45, 7) is 4.24. The number of aromatic nitrogens is 1. The molecule has 0 saturated heterocycles. The normalized spacial score (nSPS) is 11.6. The molecule has 0 aliphatic rings. The summed E-state index contributed by atoms with van der Waals surface area (Å²) >= 11 is 0. The summed E-state index contributed by atoms with van der Waals surface area (Å²) in [4.78, 5) is 0. The molecule has 0 amide bonds. The van der Waals surface area contributed by atoms with E-state index >= 15 is 0 Å². The smallest absolute Gasteiger partial charge is 0.272 e. The van der Waals surface area contributed by atoms with Crippen LogP contribution in [0.3, 0.4) is 0 Å². The molecule has 1 aromatic carbocycles. The van der Waals surface area contributed by atoms with Crippen molar-refractivity contribution in [2.24, 2.45) is 0 Å². The largest absolute Gasteiger partial charge is 1.00 e. The summed E-state index contributed by atoms with van der Waals surface area (Å²) in [5, 5.41) is 0. The van der Waals surface area contributed by atoms with Gasteiger partial charge in [0.25, 0.3) is 5.82 Å². The van der Waals surface area contributed by atoms with Crippen molar-refractivity contribution in [3.63, 3.8) is 0 Å². The first-order valence-electron chi connectivity index (χ1n) is 5.51. The molecule has 2 N–H and O–H groups in total. The fourth-order valence-electron chi connectivity index (χ4n) is 2.06. The maximum atomic E-state index is 6.02. The Kier molecular flexibility index (Phi) is 4.70. The maximum Gasteiger partial charge on any atom is 0.272 e. The average molecular weight is 293 g/mol. The Morgan fingerprint density at radius 1 is 1.00 bits per heavy atom. The molecule has 0 spiro atoms. The minimum atomic E-state index is 0. The molecule has 2 aromatic rings. The van der Waals surface area contributed by atoms with Gasteiger partial charge in [-0.1, -0.05) is 36.4 Å². The fraction of sp³-hybridized carbons (Fsp3) is 0.214. The highest BCUT2D eigenvalue weighted by atomic mass is 79.9. The predicted molar refractivity (Wildman–Crippen MR) is 66.0 cm³/mol. The van der Waals surface area contributed by atoms with Crippen molar-refractivity contribution < 1.29 is 21.5 Å². The first-order valence-corrected chi connectivity index (χ1v) is 5.51. The lowest BCUT2D eigenvalue weighted by atomic mass is 10.1. The van der Waals surface area contributed by atoms with Crippen LogP contribution in [0.5, 0.6) is 0 Å². The van der Waals surface area contributed by atoms with Crippen molar-refractivity contribution in [2.45, 2.75) is 19.9 Å². The molecule has 2 nitrogen and oxygen atoms in total. The molecule has 3 heteroatoms. The van der Waals surface area contributed by atoms with Gasteiger partial charge in [-0.25, -0.2) is 4.57 Å². The molecular weight excluding hydrogens is 276 g/mol. The number of benzene rings is 1. The van der Waals surface area contributed by atoms with Crippen LogP contribution in [0.1, 0.15) is 24.2 Å². The Labute approximate surface area is 113 Å². The number of nitrogens with zero attached hydrogens (tertiary/aromatic N) is 1. The number of hydrogen-bond donors (Lipinski definition) is 1. The molecule has 1 unspecified atom stereocenters. The summed E-state index contributed by atoms with van der Waals surface area (Å²) in [6.07, 6.45) is 0. The number of halogens is 1. The van der Waals surface area contributed by atoms with E-state index < -0.39 is 0 Å². The molecule has 90 valence electrons. The summed E-state index contributed by atoms with van der Waals surface area (Å²) in [5.41, 5.74) is 8.47. The molecule has 0 aliphatic heterocycles. The zero-order valence-electron chi connectivity index (χ0n) is 10.1. The summed E-state index contributed by atoms with van der Waals surface area (Å²) in [7, 11) is 0. The number of pyridine rings is 1. The monoisotopic (exact) mass is 292 g/mol. The molecule has 0 fully saturated rings. The van der Waals surface area contributed by atoms with E-state index in [4.69, 9.17) is 5.73 Å². The van der Waals surface area contributed by atoms with Crippen LogP contribution in [-0.2, 0) is 0 Å². The number of nitrogens with two attached hydrogens (primary N) is 1. The number of anilines is 1. The van der Waals surface area contributed by atoms with E-state index in [1.54, 1.807) is 0 Å². The summed E-state index contributed by atoms with van der Waals surface area (Å²) in [6, 6.07) is 16.7. The topological polar surface area (TPSA) is 29.9 Å². The highest BCUT2D eigenvalue weighted by Gasteiger charge is 2.16. The average Bonchev–Trinajstić information content (AvgIpc) is 2.30. The van der Waals surface area contributed by atoms with Crippen molar-refractivity contribution >= 4 is 5.82 Å². The first kappa shape index (κ1) is 13.7. The molecule has 0 bridgehead atoms. The first-order chi connectivity index (χ1) is 7.70. The summed E-state index contributed by atoms with van der Waals surface area (Å²) in [5.74, 6) is 0.802. The molecule has 0 aliphatic carbocycles. The van der Waals surface area contributed by atoms with E-state index in [0.717, 1.165) is 5.82 Å². The van der Waals surface area contributed by atoms with Gasteiger partial charge >= 0.3 is 0 Å². The van der Waals surface area contributed by atoms with Crippen LogP contribution >= 0.6 is 0 Å². The van der Waals surface area contributed by atoms with Gasteiger partial charge in [0.2, 0.25) is 0 Å². The molecule has 0 radical (unpaired) electrons. The van der Waals surface area contributed by atoms with E-state index in [2.05, 4.69) is 48.7 Å². The summed E-state index contributed by atoms with van der Waals surface area (Å²) < 4.78 is 2.15. The third-order valence-corrected chi connectivity index (χ3v) is 2.93. The molecular formula is C14H17BrN2. The fourth-order valence-corrected chi connectivity index (χ4v) is 2.06. The number of nitrogen functional groups attached to an aromatic ring is 1. The van der Waals surface area contributed by atoms with Gasteiger partial charge in [0.05, 0.1) is 0 Å². The molecule has 17 heavy (non-hydrogen) atoms. The van der Waals surface area contributed by atoms with Crippen molar-refractivity contribution in [3.05, 3.63) is 59.8 Å². The second kappa shape index (κ2) is 5.82. The van der Waals surface area contributed by atoms with Gasteiger partial charge in [-0.15, -0.1) is 0 Å². The van der Waals surface area contributed by atoms with Gasteiger partial charge in [0.1, 0.15) is 11.7 Å². The van der Waals surface area contributed by atoms with E-state index in [-0.39, 0.29) is 23.0 Å². The van der Waals surface area contributed by atoms with Gasteiger partial charge in [-0.3, -0.25) is 5.73 Å². The van der Waals surface area contributed by atoms with Crippen molar-refractivity contribution in [1.29, 1.82) is 0 Å². The predicted octanol–water partition coefficient (Wildman–Crippen LogP) is -0.522. The minimum absolute atomic E-state index is 0. The van der Waals surface area contributed by atoms with Crippen LogP contribution in [0.2, 0.25) is 0 Å². The third kappa shape index (κ3) is 2.86. The number of rotatable bonds is 2. The van der Waals surface area contributed by atoms with E-state index in [1.807, 2.05) is 18.2 Å². The van der Waals surface area contributed by atoms with Crippen molar-refractivity contribution in [1.82, 2.24) is 0 Å². The highest BCUT2D eigenvalue weighted by molar-refractivity contribution is 5.23. The van der Waals surface area contributed by atoms with Crippen LogP contribution in [0, 0.1) is 6.92 Å². The van der Waals surface area contributed by atoms with Crippen LogP contribution in [0.25, 0.3) is 0 Å². The third-order valence-electron chi connectivity index (χ3n) is 2.93. The Balaban J connectivity index is 0.00000144. The molecule has 1 aromatic heterocycles. The van der Waals surface area contributed by atoms with E-state index in [9.17, 15) is 0 Å². The van der Waals surface area contributed by atoms with Crippen LogP contribution in [0.15, 0.2) is 48.5 Å². The SMILES string of the molecule is Cc1cccc(N)[n+]1C(C)c1ccccc1.[Br-]. The molecule has 1 atom stereocenters. The lowest BCUT2D eigenvalue weighted by molar-refractivity contribution is -0.702. The Hall–Kier alpha value is -1.35. The van der Waals surface area contributed by atoms with Crippen LogP contribution in [-0.4, -0.2) is 0 Å². The zero-order chi connectivity index (χ0) is 11.5. The van der Waals surface area contributed by atoms with E-state index in [0.29, 0.717) is 0 Å². The molecule has 2 rings (SSSR count). The lowest BCUT2D eigenvalue weighted by Gasteiger charge is -2.14. The molecule has 1 heterocycles. The van der Waals surface area contributed by atoms with Gasteiger partial charge in [-0.05, 0) is 25.5 Å². The number of aryl methyl sites for hydroxylation is 1. The van der Waals surface area contributed by atoms with E-state index in [1.165, 1.54) is 11.3 Å². The second-order valence-corrected chi connectivity index (χ2v) is 4.05. The van der Waals surface area contributed by atoms with Gasteiger partial charge in [-0.2, -0.15) is 0 Å². The van der Waals surface area contributed by atoms with Crippen LogP contribution < -0.4 is 27.3 Å². The zero-order valence-corrected chi connectivity index (χ0v) is 11.7. The van der Waals surface area contributed by atoms with Crippen LogP contribution in [0.4, 0.5) is 5.82 Å².